The number of benzene rings is 2. The van der Waals surface area contributed by atoms with Crippen molar-refractivity contribution in [3.05, 3.63) is 58.9 Å². The van der Waals surface area contributed by atoms with Gasteiger partial charge in [-0.15, -0.1) is 0 Å². The second-order valence-corrected chi connectivity index (χ2v) is 8.42. The van der Waals surface area contributed by atoms with E-state index in [-0.39, 0.29) is 11.1 Å². The zero-order valence-corrected chi connectivity index (χ0v) is 18.1. The van der Waals surface area contributed by atoms with Gasteiger partial charge in [0.15, 0.2) is 0 Å². The summed E-state index contributed by atoms with van der Waals surface area (Å²) in [5, 5.41) is 18.6. The van der Waals surface area contributed by atoms with Gasteiger partial charge in [0.05, 0.1) is 11.1 Å². The maximum Gasteiger partial charge on any atom is 0.336 e. The highest BCUT2D eigenvalue weighted by Crippen LogP contribution is 2.38. The molecule has 1 aliphatic carbocycles. The fraction of sp³-hybridized carbons (Fsp3) is 0.462. The molecular formula is C26H30FNO3. The van der Waals surface area contributed by atoms with Gasteiger partial charge < -0.3 is 9.84 Å². The molecular weight excluding hydrogens is 393 g/mol. The molecule has 0 aliphatic heterocycles. The third-order valence-electron chi connectivity index (χ3n) is 6.24. The largest absolute Gasteiger partial charge is 0.478 e. The minimum Gasteiger partial charge on any atom is -0.478 e. The van der Waals surface area contributed by atoms with Crippen LogP contribution >= 0.6 is 0 Å². The van der Waals surface area contributed by atoms with E-state index in [1.54, 1.807) is 18.2 Å². The number of hydrogen-bond acceptors (Lipinski definition) is 3. The third-order valence-corrected chi connectivity index (χ3v) is 6.24. The van der Waals surface area contributed by atoms with Gasteiger partial charge in [-0.2, -0.15) is 5.26 Å². The van der Waals surface area contributed by atoms with Gasteiger partial charge in [-0.1, -0.05) is 38.0 Å². The number of carboxylic acid groups (broad SMARTS) is 1. The summed E-state index contributed by atoms with van der Waals surface area (Å²) in [5.41, 5.74) is 2.15. The molecule has 0 aromatic heterocycles. The van der Waals surface area contributed by atoms with Crippen molar-refractivity contribution >= 4 is 5.97 Å². The first kappa shape index (κ1) is 23.0. The zero-order chi connectivity index (χ0) is 22.2. The van der Waals surface area contributed by atoms with Crippen molar-refractivity contribution in [1.82, 2.24) is 0 Å². The Morgan fingerprint density at radius 3 is 2.58 bits per heavy atom. The van der Waals surface area contributed by atoms with Crippen molar-refractivity contribution in [1.29, 1.82) is 5.26 Å². The number of nitrogens with zero attached hydrogens (tertiary/aromatic N) is 1. The van der Waals surface area contributed by atoms with Crippen molar-refractivity contribution in [2.45, 2.75) is 57.8 Å². The van der Waals surface area contributed by atoms with Crippen molar-refractivity contribution in [2.75, 3.05) is 13.2 Å². The lowest BCUT2D eigenvalue weighted by Crippen LogP contribution is -2.18. The van der Waals surface area contributed by atoms with E-state index < -0.39 is 11.8 Å². The second kappa shape index (κ2) is 11.1. The minimum atomic E-state index is -1.05. The van der Waals surface area contributed by atoms with Crippen LogP contribution in [0.25, 0.3) is 11.1 Å². The molecule has 164 valence electrons. The predicted molar refractivity (Wildman–Crippen MR) is 119 cm³/mol. The molecule has 1 saturated carbocycles. The van der Waals surface area contributed by atoms with E-state index in [2.05, 4.69) is 6.92 Å². The quantitative estimate of drug-likeness (QED) is 0.465. The van der Waals surface area contributed by atoms with Gasteiger partial charge in [0, 0.05) is 13.2 Å². The summed E-state index contributed by atoms with van der Waals surface area (Å²) < 4.78 is 20.0. The fourth-order valence-electron chi connectivity index (χ4n) is 4.38. The summed E-state index contributed by atoms with van der Waals surface area (Å²) in [6.45, 7) is 3.85. The lowest BCUT2D eigenvalue weighted by Gasteiger charge is -2.29. The normalized spacial score (nSPS) is 18.5. The lowest BCUT2D eigenvalue weighted by molar-refractivity contribution is 0.0697. The number of nitriles is 1. The second-order valence-electron chi connectivity index (χ2n) is 8.42. The predicted octanol–water partition coefficient (Wildman–Crippen LogP) is 6.54. The first-order chi connectivity index (χ1) is 15.0. The lowest BCUT2D eigenvalue weighted by atomic mass is 9.78. The minimum absolute atomic E-state index is 0.0491. The van der Waals surface area contributed by atoms with Crippen molar-refractivity contribution in [3.8, 4) is 17.2 Å². The Kier molecular flexibility index (Phi) is 8.20. The first-order valence-electron chi connectivity index (χ1n) is 11.2. The highest BCUT2D eigenvalue weighted by molar-refractivity contribution is 5.96. The average Bonchev–Trinajstić information content (AvgIpc) is 2.79. The highest BCUT2D eigenvalue weighted by atomic mass is 19.1. The summed E-state index contributed by atoms with van der Waals surface area (Å²) in [5.74, 6) is -0.735. The van der Waals surface area contributed by atoms with Crippen LogP contribution in [0.1, 0.15) is 79.3 Å². The molecule has 1 aliphatic rings. The van der Waals surface area contributed by atoms with E-state index in [4.69, 9.17) is 10.00 Å². The smallest absolute Gasteiger partial charge is 0.336 e. The van der Waals surface area contributed by atoms with Crippen LogP contribution in [0.15, 0.2) is 36.4 Å². The van der Waals surface area contributed by atoms with Crippen LogP contribution < -0.4 is 0 Å². The number of ether oxygens (including phenoxy) is 1. The molecule has 0 amide bonds. The number of aromatic carboxylic acids is 1. The molecule has 0 saturated heterocycles. The number of halogens is 1. The summed E-state index contributed by atoms with van der Waals surface area (Å²) >= 11 is 0. The maximum atomic E-state index is 14.2. The molecule has 1 N–H and O–H groups in total. The van der Waals surface area contributed by atoms with E-state index in [0.717, 1.165) is 50.9 Å². The Hall–Kier alpha value is -2.71. The Balaban J connectivity index is 1.71. The number of carboxylic acids is 1. The molecule has 0 unspecified atom stereocenters. The zero-order valence-electron chi connectivity index (χ0n) is 18.1. The van der Waals surface area contributed by atoms with Crippen LogP contribution in [-0.4, -0.2) is 24.3 Å². The van der Waals surface area contributed by atoms with Crippen molar-refractivity contribution < 1.29 is 19.0 Å². The SMILES string of the molecule is CCCCCOCC1CCC(c2ccc(C(=O)O)c(-c3ccc(C#N)c(F)c3)c2)CC1. The van der Waals surface area contributed by atoms with Crippen molar-refractivity contribution in [3.63, 3.8) is 0 Å². The fourth-order valence-corrected chi connectivity index (χ4v) is 4.38. The monoisotopic (exact) mass is 423 g/mol. The molecule has 5 heteroatoms. The molecule has 0 heterocycles. The van der Waals surface area contributed by atoms with E-state index in [9.17, 15) is 14.3 Å². The molecule has 2 aromatic carbocycles. The molecule has 0 spiro atoms. The van der Waals surface area contributed by atoms with Gasteiger partial charge in [0.1, 0.15) is 11.9 Å². The first-order valence-corrected chi connectivity index (χ1v) is 11.2. The van der Waals surface area contributed by atoms with Crippen LogP contribution in [0, 0.1) is 23.1 Å². The topological polar surface area (TPSA) is 70.3 Å². The van der Waals surface area contributed by atoms with Crippen LogP contribution in [0.3, 0.4) is 0 Å². The molecule has 1 fully saturated rings. The Morgan fingerprint density at radius 1 is 1.16 bits per heavy atom. The molecule has 2 aromatic rings. The van der Waals surface area contributed by atoms with Crippen LogP contribution in [0.5, 0.6) is 0 Å². The van der Waals surface area contributed by atoms with Gasteiger partial charge in [-0.05, 0) is 78.8 Å². The maximum absolute atomic E-state index is 14.2. The van der Waals surface area contributed by atoms with Gasteiger partial charge in [-0.3, -0.25) is 0 Å². The molecule has 3 rings (SSSR count). The summed E-state index contributed by atoms with van der Waals surface area (Å²) in [6.07, 6.45) is 7.81. The Labute approximate surface area is 183 Å². The molecule has 4 nitrogen and oxygen atoms in total. The molecule has 0 bridgehead atoms. The number of hydrogen-bond donors (Lipinski definition) is 1. The number of rotatable bonds is 9. The number of carbonyl (C=O) groups is 1. The summed E-state index contributed by atoms with van der Waals surface area (Å²) in [7, 11) is 0. The van der Waals surface area contributed by atoms with E-state index in [1.165, 1.54) is 25.0 Å². The Morgan fingerprint density at radius 2 is 1.94 bits per heavy atom. The van der Waals surface area contributed by atoms with Crippen LogP contribution in [-0.2, 0) is 4.74 Å². The van der Waals surface area contributed by atoms with Crippen molar-refractivity contribution in [2.24, 2.45) is 5.92 Å². The van der Waals surface area contributed by atoms with Crippen LogP contribution in [0.4, 0.5) is 4.39 Å². The number of unbranched alkanes of at least 4 members (excludes halogenated alkanes) is 2. The standard InChI is InChI=1S/C26H30FNO3/c1-2-3-4-13-31-17-18-5-7-19(8-6-18)20-11-12-23(26(29)30)24(14-20)21-9-10-22(16-28)25(27)15-21/h9-12,14-15,18-19H,2-8,13,17H2,1H3,(H,29,30). The van der Waals surface area contributed by atoms with Gasteiger partial charge >= 0.3 is 5.97 Å². The highest BCUT2D eigenvalue weighted by Gasteiger charge is 2.24. The van der Waals surface area contributed by atoms with E-state index in [0.29, 0.717) is 23.0 Å². The van der Waals surface area contributed by atoms with Crippen LogP contribution in [0.2, 0.25) is 0 Å². The summed E-state index contributed by atoms with van der Waals surface area (Å²) in [4.78, 5) is 11.7. The molecule has 0 radical (unpaired) electrons. The van der Waals surface area contributed by atoms with Gasteiger partial charge in [0.2, 0.25) is 0 Å². The third kappa shape index (κ3) is 5.92. The van der Waals surface area contributed by atoms with Gasteiger partial charge in [-0.25, -0.2) is 9.18 Å². The molecule has 31 heavy (non-hydrogen) atoms. The van der Waals surface area contributed by atoms with E-state index >= 15 is 0 Å². The van der Waals surface area contributed by atoms with E-state index in [1.807, 2.05) is 12.1 Å². The molecule has 0 atom stereocenters. The summed E-state index contributed by atoms with van der Waals surface area (Å²) in [6, 6.07) is 11.4. The average molecular weight is 424 g/mol. The Bertz CT molecular complexity index is 942. The van der Waals surface area contributed by atoms with Gasteiger partial charge in [0.25, 0.3) is 0 Å².